The van der Waals surface area contributed by atoms with Crippen molar-refractivity contribution >= 4 is 31.3 Å². The lowest BCUT2D eigenvalue weighted by atomic mass is 9.76. The predicted molar refractivity (Wildman–Crippen MR) is 292 cm³/mol. The van der Waals surface area contributed by atoms with Gasteiger partial charge in [0.2, 0.25) is 0 Å². The van der Waals surface area contributed by atoms with E-state index in [9.17, 15) is 0 Å². The lowest BCUT2D eigenvalue weighted by molar-refractivity contribution is 0.239. The fourth-order valence-corrected chi connectivity index (χ4v) is 15.5. The topological polar surface area (TPSA) is 179 Å². The average molecular weight is 1130 g/mol. The Morgan fingerprint density at radius 1 is 0.289 bits per heavy atom. The molecule has 1 aliphatic carbocycles. The Morgan fingerprint density at radius 3 is 0.605 bits per heavy atom. The van der Waals surface area contributed by atoms with E-state index < -0.39 is 55.0 Å². The molecule has 4 aromatic rings. The van der Waals surface area contributed by atoms with Crippen molar-refractivity contribution in [1.29, 1.82) is 0 Å². The Kier molecular flexibility index (Phi) is 18.1. The molecular formula is C56H76O16P4. The normalized spacial score (nSPS) is 26.3. The highest BCUT2D eigenvalue weighted by Gasteiger charge is 2.46. The molecule has 0 amide bonds. The highest BCUT2D eigenvalue weighted by Crippen LogP contribution is 2.66. The van der Waals surface area contributed by atoms with Gasteiger partial charge < -0.3 is 36.2 Å². The SMILES string of the molecule is CCCCCCC1c2cc3c4cc2OP(=O)(OC)Oc2cc5c(cc21)C(CCCCCC)c1cc2c(cc1OP(=O)(OC)O5)OP(=O)(OC)Oc1cc(c(cc1C2CCCCCC)C3CCCCCC)OP(=O)(OC)O4. The van der Waals surface area contributed by atoms with Crippen molar-refractivity contribution in [2.24, 2.45) is 0 Å². The van der Waals surface area contributed by atoms with Gasteiger partial charge in [0.15, 0.2) is 0 Å². The van der Waals surface area contributed by atoms with E-state index in [0.29, 0.717) is 70.2 Å². The smallest absolute Gasteiger partial charge is 0.395 e. The summed E-state index contributed by atoms with van der Waals surface area (Å²) >= 11 is 0. The van der Waals surface area contributed by atoms with Gasteiger partial charge in [0.1, 0.15) is 46.0 Å². The second-order valence-corrected chi connectivity index (χ2v) is 27.1. The molecule has 0 fully saturated rings. The van der Waals surface area contributed by atoms with Crippen molar-refractivity contribution in [2.45, 2.75) is 180 Å². The number of hydrogen-bond donors (Lipinski definition) is 0. The van der Waals surface area contributed by atoms with Crippen molar-refractivity contribution in [3.05, 3.63) is 93.0 Å². The maximum absolute atomic E-state index is 15.1. The zero-order valence-corrected chi connectivity index (χ0v) is 49.0. The van der Waals surface area contributed by atoms with Crippen LogP contribution in [0.15, 0.2) is 48.5 Å². The summed E-state index contributed by atoms with van der Waals surface area (Å²) in [7, 11) is -13.2. The van der Waals surface area contributed by atoms with Crippen molar-refractivity contribution in [1.82, 2.24) is 0 Å². The van der Waals surface area contributed by atoms with Crippen LogP contribution in [-0.2, 0) is 36.4 Å². The van der Waals surface area contributed by atoms with Gasteiger partial charge in [-0.2, -0.15) is 0 Å². The van der Waals surface area contributed by atoms with E-state index >= 15 is 18.3 Å². The predicted octanol–water partition coefficient (Wildman–Crippen LogP) is 18.5. The van der Waals surface area contributed by atoms with Gasteiger partial charge in [-0.15, -0.1) is 0 Å². The molecule has 76 heavy (non-hydrogen) atoms. The van der Waals surface area contributed by atoms with Gasteiger partial charge >= 0.3 is 31.3 Å². The summed E-state index contributed by atoms with van der Waals surface area (Å²) in [4.78, 5) is 0. The van der Waals surface area contributed by atoms with Crippen LogP contribution in [0.1, 0.15) is 224 Å². The van der Waals surface area contributed by atoms with Gasteiger partial charge in [0.25, 0.3) is 0 Å². The quantitative estimate of drug-likeness (QED) is 0.0477. The highest BCUT2D eigenvalue weighted by atomic mass is 31.2. The first-order valence-electron chi connectivity index (χ1n) is 27.6. The number of hydrogen-bond acceptors (Lipinski definition) is 16. The first-order valence-corrected chi connectivity index (χ1v) is 33.4. The number of unbranched alkanes of at least 4 members (excludes halogenated alkanes) is 12. The van der Waals surface area contributed by atoms with Gasteiger partial charge in [-0.05, 0) is 49.9 Å². The fourth-order valence-electron chi connectivity index (χ4n) is 11.5. The zero-order valence-electron chi connectivity index (χ0n) is 45.4. The molecule has 0 spiro atoms. The minimum absolute atomic E-state index is 0.150. The summed E-state index contributed by atoms with van der Waals surface area (Å²) in [6, 6.07) is 14.6. The number of rotatable bonds is 24. The molecular weight excluding hydrogens is 1050 g/mol. The van der Waals surface area contributed by atoms with Crippen LogP contribution >= 0.6 is 31.3 Å². The van der Waals surface area contributed by atoms with E-state index in [1.54, 1.807) is 24.3 Å². The van der Waals surface area contributed by atoms with Crippen molar-refractivity contribution in [3.8, 4) is 46.0 Å². The van der Waals surface area contributed by atoms with Crippen LogP contribution in [0.4, 0.5) is 0 Å². The first kappa shape index (κ1) is 56.7. The van der Waals surface area contributed by atoms with E-state index in [1.807, 2.05) is 24.3 Å². The van der Waals surface area contributed by atoms with Crippen LogP contribution in [0, 0.1) is 0 Å². The molecule has 4 heterocycles. The van der Waals surface area contributed by atoms with E-state index in [2.05, 4.69) is 27.7 Å². The van der Waals surface area contributed by atoms with Crippen LogP contribution < -0.4 is 36.2 Å². The van der Waals surface area contributed by atoms with E-state index in [0.717, 1.165) is 103 Å². The second kappa shape index (κ2) is 24.2. The molecule has 9 rings (SSSR count). The molecule has 0 radical (unpaired) electrons. The Hall–Kier alpha value is -3.96. The van der Waals surface area contributed by atoms with Crippen LogP contribution in [0.2, 0.25) is 0 Å². The molecule has 0 aromatic heterocycles. The summed E-state index contributed by atoms with van der Waals surface area (Å²) < 4.78 is 135. The van der Waals surface area contributed by atoms with Gasteiger partial charge in [-0.25, -0.2) is 18.3 Å². The minimum atomic E-state index is -4.55. The lowest BCUT2D eigenvalue weighted by Crippen LogP contribution is -2.20. The largest absolute Gasteiger partial charge is 0.587 e. The van der Waals surface area contributed by atoms with E-state index in [-0.39, 0.29) is 46.0 Å². The molecule has 4 aliphatic heterocycles. The van der Waals surface area contributed by atoms with Crippen LogP contribution in [0.3, 0.4) is 0 Å². The van der Waals surface area contributed by atoms with Crippen LogP contribution in [0.25, 0.3) is 0 Å². The maximum atomic E-state index is 15.1. The zero-order chi connectivity index (χ0) is 53.8. The third kappa shape index (κ3) is 11.8. The summed E-state index contributed by atoms with van der Waals surface area (Å²) in [5, 5.41) is 0. The molecule has 0 atom stereocenters. The Labute approximate surface area is 449 Å². The molecule has 8 bridgehead atoms. The van der Waals surface area contributed by atoms with E-state index in [1.165, 1.54) is 28.4 Å². The Bertz CT molecular complexity index is 2420. The van der Waals surface area contributed by atoms with Crippen LogP contribution in [0.5, 0.6) is 46.0 Å². The Morgan fingerprint density at radius 2 is 0.461 bits per heavy atom. The monoisotopic (exact) mass is 1130 g/mol. The average Bonchev–Trinajstić information content (AvgIpc) is 3.39. The highest BCUT2D eigenvalue weighted by molar-refractivity contribution is 7.50. The van der Waals surface area contributed by atoms with Crippen molar-refractivity contribution in [2.75, 3.05) is 28.4 Å². The third-order valence-corrected chi connectivity index (χ3v) is 20.7. The summed E-state index contributed by atoms with van der Waals surface area (Å²) in [6.07, 6.45) is 17.6. The number of phosphoric acid groups is 4. The molecule has 4 aromatic carbocycles. The molecule has 416 valence electrons. The van der Waals surface area contributed by atoms with Crippen molar-refractivity contribution < 1.29 is 72.5 Å². The molecule has 5 aliphatic rings. The van der Waals surface area contributed by atoms with Crippen molar-refractivity contribution in [3.63, 3.8) is 0 Å². The van der Waals surface area contributed by atoms with E-state index in [4.69, 9.17) is 54.3 Å². The number of benzene rings is 4. The minimum Gasteiger partial charge on any atom is -0.395 e. The molecule has 16 nitrogen and oxygen atoms in total. The summed E-state index contributed by atoms with van der Waals surface area (Å²) in [5.74, 6) is -0.623. The van der Waals surface area contributed by atoms with Gasteiger partial charge in [0.05, 0.1) is 0 Å². The van der Waals surface area contributed by atoms with Gasteiger partial charge in [-0.1, -0.05) is 130 Å². The molecule has 0 unspecified atom stereocenters. The molecule has 0 N–H and O–H groups in total. The molecule has 20 heteroatoms. The van der Waals surface area contributed by atoms with Gasteiger partial charge in [-0.3, -0.25) is 18.1 Å². The number of phosphoric ester groups is 4. The standard InChI is InChI=1S/C56H76O16P4/c1-9-13-17-21-25-37-41-29-43-38(26-22-18-14-10-2)45-31-47-40(28-24-20-16-12-4)48-32-46-39(27-23-19-15-11-3)44-30-42(37)50-34-52(44)68-75(59,63-7)70-54(46)36-56(48)72-76(60,64-8)71-55(47)35-53(45)69-74(58,62-6)67-51(43)33-49(41)65-73(57,61-5)66-50/h29-40H,9-28H2,1-8H3. The maximum Gasteiger partial charge on any atom is 0.587 e. The van der Waals surface area contributed by atoms with Gasteiger partial charge in [0, 0.05) is 121 Å². The fraction of sp³-hybridized carbons (Fsp3) is 0.571. The first-order chi connectivity index (χ1) is 36.7. The lowest BCUT2D eigenvalue weighted by Gasteiger charge is -2.36. The second-order valence-electron chi connectivity index (χ2n) is 20.6. The Balaban J connectivity index is 1.47. The third-order valence-electron chi connectivity index (χ3n) is 15.5. The summed E-state index contributed by atoms with van der Waals surface area (Å²) in [6.45, 7) is 8.69. The molecule has 0 saturated heterocycles. The molecule has 0 saturated carbocycles. The summed E-state index contributed by atoms with van der Waals surface area (Å²) in [5.41, 5.74) is 5.50. The van der Waals surface area contributed by atoms with Crippen LogP contribution in [-0.4, -0.2) is 28.4 Å².